The van der Waals surface area contributed by atoms with Crippen LogP contribution in [0.2, 0.25) is 10.3 Å². The van der Waals surface area contributed by atoms with Gasteiger partial charge in [0.2, 0.25) is 11.2 Å². The van der Waals surface area contributed by atoms with E-state index >= 15 is 0 Å². The average molecular weight is 291 g/mol. The minimum atomic E-state index is 0.0216. The normalized spacial score (nSPS) is 10.3. The second-order valence-corrected chi connectivity index (χ2v) is 4.48. The smallest absolute Gasteiger partial charge is 0.242 e. The maximum absolute atomic E-state index is 12.0. The lowest BCUT2D eigenvalue weighted by Crippen LogP contribution is -2.39. The van der Waals surface area contributed by atoms with Gasteiger partial charge in [-0.05, 0) is 25.4 Å². The largest absolute Gasteiger partial charge is 0.349 e. The van der Waals surface area contributed by atoms with E-state index in [1.54, 1.807) is 16.8 Å². The third kappa shape index (κ3) is 3.71. The average Bonchev–Trinajstić information content (AvgIpc) is 2.33. The number of carbonyl (C=O) groups is 1. The van der Waals surface area contributed by atoms with Gasteiger partial charge in [0.1, 0.15) is 5.02 Å². The molecule has 0 bridgehead atoms. The summed E-state index contributed by atoms with van der Waals surface area (Å²) in [5.41, 5.74) is 0. The molecule has 0 N–H and O–H groups in total. The quantitative estimate of drug-likeness (QED) is 0.779. The third-order valence-electron chi connectivity index (χ3n) is 2.55. The van der Waals surface area contributed by atoms with Crippen molar-refractivity contribution in [2.24, 2.45) is 0 Å². The third-order valence-corrected chi connectivity index (χ3v) is 3.00. The molecule has 1 rings (SSSR count). The first-order valence-electron chi connectivity index (χ1n) is 5.66. The molecule has 0 radical (unpaired) electrons. The van der Waals surface area contributed by atoms with Gasteiger partial charge in [-0.1, -0.05) is 11.6 Å². The van der Waals surface area contributed by atoms with Gasteiger partial charge in [0.25, 0.3) is 0 Å². The minimum absolute atomic E-state index is 0.0216. The fraction of sp³-hybridized carbons (Fsp3) is 0.545. The van der Waals surface area contributed by atoms with Crippen LogP contribution in [0, 0.1) is 0 Å². The van der Waals surface area contributed by atoms with Gasteiger partial charge in [0.15, 0.2) is 5.82 Å². The summed E-state index contributed by atoms with van der Waals surface area (Å²) in [4.78, 5) is 23.1. The van der Waals surface area contributed by atoms with E-state index in [4.69, 9.17) is 23.2 Å². The van der Waals surface area contributed by atoms with Gasteiger partial charge in [0, 0.05) is 20.1 Å². The molecule has 1 heterocycles. The number of likely N-dealkylation sites (N-methyl/N-ethyl adjacent to an activating group) is 2. The standard InChI is InChI=1S/C11H16Cl2N4O/c1-4-17(5-2)9(18)7-16(3)10-8(12)6-14-11(13)15-10/h6H,4-5,7H2,1-3H3. The molecule has 100 valence electrons. The Morgan fingerprint density at radius 3 is 2.50 bits per heavy atom. The number of amides is 1. The highest BCUT2D eigenvalue weighted by atomic mass is 35.5. The van der Waals surface area contributed by atoms with Crippen LogP contribution in [-0.4, -0.2) is 47.5 Å². The highest BCUT2D eigenvalue weighted by Crippen LogP contribution is 2.22. The molecule has 1 aromatic rings. The van der Waals surface area contributed by atoms with E-state index in [0.29, 0.717) is 23.9 Å². The molecule has 0 saturated heterocycles. The number of carbonyl (C=O) groups excluding carboxylic acids is 1. The number of nitrogens with zero attached hydrogens (tertiary/aromatic N) is 4. The van der Waals surface area contributed by atoms with Crippen molar-refractivity contribution in [3.05, 3.63) is 16.5 Å². The van der Waals surface area contributed by atoms with Crippen LogP contribution in [-0.2, 0) is 4.79 Å². The summed E-state index contributed by atoms with van der Waals surface area (Å²) in [6.07, 6.45) is 1.42. The molecule has 18 heavy (non-hydrogen) atoms. The van der Waals surface area contributed by atoms with E-state index in [9.17, 15) is 4.79 Å². The van der Waals surface area contributed by atoms with Gasteiger partial charge in [-0.15, -0.1) is 0 Å². The van der Waals surface area contributed by atoms with E-state index in [0.717, 1.165) is 0 Å². The van der Waals surface area contributed by atoms with E-state index in [-0.39, 0.29) is 17.7 Å². The van der Waals surface area contributed by atoms with Crippen molar-refractivity contribution in [1.29, 1.82) is 0 Å². The molecule has 0 unspecified atom stereocenters. The Morgan fingerprint density at radius 1 is 1.33 bits per heavy atom. The second-order valence-electron chi connectivity index (χ2n) is 3.73. The van der Waals surface area contributed by atoms with Gasteiger partial charge in [-0.3, -0.25) is 4.79 Å². The van der Waals surface area contributed by atoms with Crippen LogP contribution in [0.3, 0.4) is 0 Å². The Labute approximate surface area is 117 Å². The first kappa shape index (κ1) is 15.0. The van der Waals surface area contributed by atoms with E-state index < -0.39 is 0 Å². The van der Waals surface area contributed by atoms with Crippen molar-refractivity contribution >= 4 is 34.9 Å². The predicted molar refractivity (Wildman–Crippen MR) is 73.3 cm³/mol. The van der Waals surface area contributed by atoms with Gasteiger partial charge >= 0.3 is 0 Å². The molecule has 0 aromatic carbocycles. The van der Waals surface area contributed by atoms with Crippen molar-refractivity contribution in [2.45, 2.75) is 13.8 Å². The number of anilines is 1. The summed E-state index contributed by atoms with van der Waals surface area (Å²) in [6, 6.07) is 0. The summed E-state index contributed by atoms with van der Waals surface area (Å²) in [5, 5.41) is 0.478. The molecule has 1 amide bonds. The Morgan fingerprint density at radius 2 is 1.94 bits per heavy atom. The molecule has 5 nitrogen and oxygen atoms in total. The van der Waals surface area contributed by atoms with Crippen molar-refractivity contribution in [2.75, 3.05) is 31.6 Å². The van der Waals surface area contributed by atoms with Gasteiger partial charge in [0.05, 0.1) is 12.7 Å². The molecule has 0 saturated carbocycles. The molecule has 0 aliphatic carbocycles. The monoisotopic (exact) mass is 290 g/mol. The van der Waals surface area contributed by atoms with E-state index in [1.165, 1.54) is 6.20 Å². The van der Waals surface area contributed by atoms with Gasteiger partial charge in [-0.2, -0.15) is 4.98 Å². The van der Waals surface area contributed by atoms with Gasteiger partial charge in [-0.25, -0.2) is 4.98 Å². The summed E-state index contributed by atoms with van der Waals surface area (Å²) < 4.78 is 0. The molecule has 0 aliphatic heterocycles. The maximum Gasteiger partial charge on any atom is 0.242 e. The predicted octanol–water partition coefficient (Wildman–Crippen LogP) is 2.09. The molecule has 0 spiro atoms. The van der Waals surface area contributed by atoms with E-state index in [1.807, 2.05) is 13.8 Å². The molecule has 0 aliphatic rings. The summed E-state index contributed by atoms with van der Waals surface area (Å²) in [7, 11) is 1.74. The number of rotatable bonds is 5. The zero-order chi connectivity index (χ0) is 13.7. The van der Waals surface area contributed by atoms with Crippen LogP contribution in [0.1, 0.15) is 13.8 Å². The number of aromatic nitrogens is 2. The SMILES string of the molecule is CCN(CC)C(=O)CN(C)c1nc(Cl)ncc1Cl. The van der Waals surface area contributed by atoms with Crippen molar-refractivity contribution in [3.8, 4) is 0 Å². The summed E-state index contributed by atoms with van der Waals surface area (Å²) >= 11 is 11.7. The van der Waals surface area contributed by atoms with Crippen LogP contribution >= 0.6 is 23.2 Å². The lowest BCUT2D eigenvalue weighted by atomic mass is 10.4. The second kappa shape index (κ2) is 6.75. The zero-order valence-electron chi connectivity index (χ0n) is 10.7. The molecular formula is C11H16Cl2N4O. The maximum atomic E-state index is 12.0. The molecule has 1 aromatic heterocycles. The number of hydrogen-bond donors (Lipinski definition) is 0. The Kier molecular flexibility index (Phi) is 5.62. The van der Waals surface area contributed by atoms with Crippen LogP contribution in [0.15, 0.2) is 6.20 Å². The number of hydrogen-bond acceptors (Lipinski definition) is 4. The first-order chi connectivity index (χ1) is 8.49. The number of halogens is 2. The Balaban J connectivity index is 2.79. The first-order valence-corrected chi connectivity index (χ1v) is 6.42. The molecular weight excluding hydrogens is 275 g/mol. The lowest BCUT2D eigenvalue weighted by Gasteiger charge is -2.24. The van der Waals surface area contributed by atoms with Crippen molar-refractivity contribution in [1.82, 2.24) is 14.9 Å². The summed E-state index contributed by atoms with van der Waals surface area (Å²) in [5.74, 6) is 0.477. The van der Waals surface area contributed by atoms with Gasteiger partial charge < -0.3 is 9.80 Å². The van der Waals surface area contributed by atoms with E-state index in [2.05, 4.69) is 9.97 Å². The Hall–Kier alpha value is -1.07. The van der Waals surface area contributed by atoms with Crippen LogP contribution < -0.4 is 4.90 Å². The van der Waals surface area contributed by atoms with Crippen molar-refractivity contribution < 1.29 is 4.79 Å². The summed E-state index contributed by atoms with van der Waals surface area (Å²) in [6.45, 7) is 5.45. The molecule has 0 atom stereocenters. The minimum Gasteiger partial charge on any atom is -0.349 e. The fourth-order valence-electron chi connectivity index (χ4n) is 1.56. The Bertz CT molecular complexity index is 424. The lowest BCUT2D eigenvalue weighted by molar-refractivity contribution is -0.129. The fourth-order valence-corrected chi connectivity index (χ4v) is 1.92. The van der Waals surface area contributed by atoms with Crippen LogP contribution in [0.5, 0.6) is 0 Å². The highest BCUT2D eigenvalue weighted by molar-refractivity contribution is 6.33. The zero-order valence-corrected chi connectivity index (χ0v) is 12.2. The van der Waals surface area contributed by atoms with Crippen molar-refractivity contribution in [3.63, 3.8) is 0 Å². The molecule has 0 fully saturated rings. The topological polar surface area (TPSA) is 49.3 Å². The highest BCUT2D eigenvalue weighted by Gasteiger charge is 2.16. The van der Waals surface area contributed by atoms with Crippen LogP contribution in [0.4, 0.5) is 5.82 Å². The van der Waals surface area contributed by atoms with Crippen LogP contribution in [0.25, 0.3) is 0 Å². The molecule has 7 heteroatoms.